The molecule has 150 valence electrons. The van der Waals surface area contributed by atoms with E-state index in [9.17, 15) is 27.9 Å². The number of ether oxygens (including phenoxy) is 2. The second kappa shape index (κ2) is 7.70. The second-order valence-electron chi connectivity index (χ2n) is 6.10. The Morgan fingerprint density at radius 2 is 2.11 bits per heavy atom. The summed E-state index contributed by atoms with van der Waals surface area (Å²) in [6.07, 6.45) is 0.881. The number of nitrogens with zero attached hydrogens (tertiary/aromatic N) is 1. The van der Waals surface area contributed by atoms with Crippen molar-refractivity contribution in [3.63, 3.8) is 0 Å². The van der Waals surface area contributed by atoms with Crippen molar-refractivity contribution >= 4 is 23.2 Å². The van der Waals surface area contributed by atoms with Crippen LogP contribution in [0.5, 0.6) is 5.06 Å². The standard InChI is InChI=1S/C18H16F3NO5S/c1-8-9(6-15(23)24)10-5-13(26-2)11(19)7-12(10)22(8)17(25)14-3-4-16(28-14)27-18(20)21/h3-5,12,18H,6-7H2,1-2H3,(H,23,24). The Morgan fingerprint density at radius 3 is 2.71 bits per heavy atom. The zero-order valence-electron chi connectivity index (χ0n) is 14.9. The predicted molar refractivity (Wildman–Crippen MR) is 93.7 cm³/mol. The third kappa shape index (κ3) is 3.64. The number of halogens is 3. The highest BCUT2D eigenvalue weighted by Crippen LogP contribution is 2.44. The lowest BCUT2D eigenvalue weighted by atomic mass is 9.92. The molecular weight excluding hydrogens is 399 g/mol. The number of hydrogen-bond acceptors (Lipinski definition) is 5. The van der Waals surface area contributed by atoms with E-state index in [0.717, 1.165) is 11.3 Å². The Morgan fingerprint density at radius 1 is 1.39 bits per heavy atom. The van der Waals surface area contributed by atoms with E-state index >= 15 is 0 Å². The maximum Gasteiger partial charge on any atom is 0.388 e. The molecule has 2 heterocycles. The van der Waals surface area contributed by atoms with E-state index in [1.165, 1.54) is 30.2 Å². The van der Waals surface area contributed by atoms with Crippen LogP contribution in [0.3, 0.4) is 0 Å². The summed E-state index contributed by atoms with van der Waals surface area (Å²) < 4.78 is 48.3. The smallest absolute Gasteiger partial charge is 0.388 e. The zero-order chi connectivity index (χ0) is 20.6. The minimum atomic E-state index is -3.02. The van der Waals surface area contributed by atoms with Crippen LogP contribution >= 0.6 is 11.3 Å². The monoisotopic (exact) mass is 415 g/mol. The number of rotatable bonds is 6. The lowest BCUT2D eigenvalue weighted by Crippen LogP contribution is -2.36. The molecule has 0 saturated carbocycles. The van der Waals surface area contributed by atoms with Gasteiger partial charge >= 0.3 is 12.6 Å². The molecule has 28 heavy (non-hydrogen) atoms. The van der Waals surface area contributed by atoms with Crippen LogP contribution in [0.15, 0.2) is 46.6 Å². The molecule has 0 saturated heterocycles. The maximum atomic E-state index is 14.3. The highest BCUT2D eigenvalue weighted by atomic mass is 32.1. The topological polar surface area (TPSA) is 76.1 Å². The van der Waals surface area contributed by atoms with Crippen molar-refractivity contribution in [2.24, 2.45) is 0 Å². The van der Waals surface area contributed by atoms with Crippen LogP contribution < -0.4 is 4.74 Å². The average molecular weight is 415 g/mol. The number of thiophene rings is 1. The fourth-order valence-corrected chi connectivity index (χ4v) is 4.15. The van der Waals surface area contributed by atoms with E-state index in [1.54, 1.807) is 6.92 Å². The minimum absolute atomic E-state index is 0.0139. The van der Waals surface area contributed by atoms with Gasteiger partial charge in [-0.2, -0.15) is 8.78 Å². The summed E-state index contributed by atoms with van der Waals surface area (Å²) in [5.41, 5.74) is 1.26. The zero-order valence-corrected chi connectivity index (χ0v) is 15.7. The lowest BCUT2D eigenvalue weighted by Gasteiger charge is -2.28. The van der Waals surface area contributed by atoms with Crippen LogP contribution in [0.4, 0.5) is 13.2 Å². The van der Waals surface area contributed by atoms with Gasteiger partial charge in [0.2, 0.25) is 0 Å². The van der Waals surface area contributed by atoms with Crippen molar-refractivity contribution in [1.29, 1.82) is 0 Å². The van der Waals surface area contributed by atoms with E-state index in [0.29, 0.717) is 16.8 Å². The number of carbonyl (C=O) groups is 2. The fourth-order valence-electron chi connectivity index (χ4n) is 3.35. The second-order valence-corrected chi connectivity index (χ2v) is 7.15. The van der Waals surface area contributed by atoms with E-state index in [4.69, 9.17) is 4.74 Å². The molecule has 1 aromatic heterocycles. The molecular formula is C18H16F3NO5S. The van der Waals surface area contributed by atoms with Gasteiger partial charge in [-0.25, -0.2) is 4.39 Å². The molecule has 0 radical (unpaired) electrons. The number of aliphatic carboxylic acids is 1. The van der Waals surface area contributed by atoms with Crippen LogP contribution in [-0.2, 0) is 9.53 Å². The van der Waals surface area contributed by atoms with E-state index < -0.39 is 30.4 Å². The molecule has 3 rings (SSSR count). The van der Waals surface area contributed by atoms with Gasteiger partial charge in [0, 0.05) is 12.1 Å². The molecule has 0 spiro atoms. The molecule has 1 aliphatic heterocycles. The van der Waals surface area contributed by atoms with E-state index in [2.05, 4.69) is 4.74 Å². The molecule has 0 aromatic carbocycles. The highest BCUT2D eigenvalue weighted by Gasteiger charge is 2.42. The van der Waals surface area contributed by atoms with Gasteiger partial charge in [-0.05, 0) is 36.3 Å². The summed E-state index contributed by atoms with van der Waals surface area (Å²) in [6.45, 7) is -1.44. The first-order valence-electron chi connectivity index (χ1n) is 8.17. The molecule has 1 N–H and O–H groups in total. The maximum absolute atomic E-state index is 14.3. The number of alkyl halides is 2. The van der Waals surface area contributed by atoms with Gasteiger partial charge in [-0.15, -0.1) is 0 Å². The Balaban J connectivity index is 1.98. The summed E-state index contributed by atoms with van der Waals surface area (Å²) >= 11 is 0.736. The molecule has 2 aliphatic rings. The normalized spacial score (nSPS) is 19.1. The average Bonchev–Trinajstić information content (AvgIpc) is 3.16. The number of carbonyl (C=O) groups excluding carboxylic acids is 1. The van der Waals surface area contributed by atoms with Gasteiger partial charge in [0.25, 0.3) is 5.91 Å². The third-order valence-corrected chi connectivity index (χ3v) is 5.47. The van der Waals surface area contributed by atoms with E-state index in [1.807, 2.05) is 0 Å². The molecule has 1 amide bonds. The number of methoxy groups -OCH3 is 1. The molecule has 1 aliphatic carbocycles. The quantitative estimate of drug-likeness (QED) is 0.758. The summed E-state index contributed by atoms with van der Waals surface area (Å²) in [4.78, 5) is 25.7. The van der Waals surface area contributed by atoms with Crippen LogP contribution in [-0.4, -0.2) is 41.6 Å². The summed E-state index contributed by atoms with van der Waals surface area (Å²) in [5, 5.41) is 9.09. The Bertz CT molecular complexity index is 918. The number of carboxylic acids is 1. The molecule has 0 fully saturated rings. The van der Waals surface area contributed by atoms with Crippen LogP contribution in [0, 0.1) is 0 Å². The molecule has 1 unspecified atom stereocenters. The van der Waals surface area contributed by atoms with Gasteiger partial charge in [-0.1, -0.05) is 11.3 Å². The lowest BCUT2D eigenvalue weighted by molar-refractivity contribution is -0.136. The van der Waals surface area contributed by atoms with Gasteiger partial charge in [0.05, 0.1) is 24.4 Å². The van der Waals surface area contributed by atoms with Crippen LogP contribution in [0.25, 0.3) is 0 Å². The van der Waals surface area contributed by atoms with Crippen molar-refractivity contribution in [2.45, 2.75) is 32.4 Å². The van der Waals surface area contributed by atoms with Crippen molar-refractivity contribution in [3.8, 4) is 5.06 Å². The van der Waals surface area contributed by atoms with Gasteiger partial charge in [0.1, 0.15) is 5.83 Å². The Kier molecular flexibility index (Phi) is 5.50. The van der Waals surface area contributed by atoms with Crippen LogP contribution in [0.2, 0.25) is 0 Å². The van der Waals surface area contributed by atoms with Crippen molar-refractivity contribution in [1.82, 2.24) is 4.90 Å². The first-order chi connectivity index (χ1) is 13.2. The Labute approximate surface area is 162 Å². The SMILES string of the molecule is COC1=C(F)CC2C(=C1)C(CC(=O)O)=C(C)N2C(=O)c1ccc(OC(F)F)s1. The van der Waals surface area contributed by atoms with Gasteiger partial charge < -0.3 is 19.5 Å². The fraction of sp³-hybridized carbons (Fsp3) is 0.333. The van der Waals surface area contributed by atoms with Crippen molar-refractivity contribution in [3.05, 3.63) is 51.5 Å². The first-order valence-corrected chi connectivity index (χ1v) is 8.99. The summed E-state index contributed by atoms with van der Waals surface area (Å²) in [5.74, 6) is -2.22. The predicted octanol–water partition coefficient (Wildman–Crippen LogP) is 4.08. The highest BCUT2D eigenvalue weighted by molar-refractivity contribution is 7.15. The minimum Gasteiger partial charge on any atom is -0.494 e. The Hall–Kier alpha value is -2.75. The van der Waals surface area contributed by atoms with Gasteiger partial charge in [0.15, 0.2) is 10.8 Å². The van der Waals surface area contributed by atoms with Crippen molar-refractivity contribution < 1.29 is 37.3 Å². The number of amides is 1. The molecule has 6 nitrogen and oxygen atoms in total. The number of allylic oxidation sites excluding steroid dienone is 2. The van der Waals surface area contributed by atoms with Gasteiger partial charge in [-0.3, -0.25) is 9.59 Å². The van der Waals surface area contributed by atoms with Crippen LogP contribution in [0.1, 0.15) is 29.4 Å². The summed E-state index contributed by atoms with van der Waals surface area (Å²) in [6, 6.07) is 1.85. The molecule has 1 aromatic rings. The summed E-state index contributed by atoms with van der Waals surface area (Å²) in [7, 11) is 1.30. The third-order valence-electron chi connectivity index (χ3n) is 4.51. The number of hydrogen-bond donors (Lipinski definition) is 1. The van der Waals surface area contributed by atoms with Crippen molar-refractivity contribution in [2.75, 3.05) is 7.11 Å². The molecule has 0 bridgehead atoms. The molecule has 1 atom stereocenters. The van der Waals surface area contributed by atoms with E-state index in [-0.39, 0.29) is 28.5 Å². The first kappa shape index (κ1) is 20.0. The molecule has 10 heteroatoms. The number of fused-ring (bicyclic) bond motifs is 1. The number of carboxylic acid groups (broad SMARTS) is 1. The largest absolute Gasteiger partial charge is 0.494 e.